The summed E-state index contributed by atoms with van der Waals surface area (Å²) in [7, 11) is 1.20. The van der Waals surface area contributed by atoms with Gasteiger partial charge in [0.2, 0.25) is 0 Å². The molecule has 0 amide bonds. The van der Waals surface area contributed by atoms with E-state index in [1.54, 1.807) is 6.92 Å². The molecule has 446 valence electrons. The maximum absolute atomic E-state index is 14.6. The van der Waals surface area contributed by atoms with Crippen molar-refractivity contribution in [2.75, 3.05) is 26.9 Å². The summed E-state index contributed by atoms with van der Waals surface area (Å²) in [6, 6.07) is 0. The molecule has 9 fully saturated rings. The number of rotatable bonds is 12. The molecular weight excluding hydrogens is 1030 g/mol. The van der Waals surface area contributed by atoms with Crippen LogP contribution in [-0.2, 0) is 56.9 Å². The maximum Gasteiger partial charge on any atom is 0.319 e. The minimum absolute atomic E-state index is 0.0338. The number of carbonyl (C=O) groups is 1. The number of aliphatic hydroxyl groups excluding tert-OH is 11. The fraction of sp³-hybridized carbons (Fsp3) is 0.944. The predicted molar refractivity (Wildman–Crippen MR) is 263 cm³/mol. The molecule has 0 radical (unpaired) electrons. The zero-order chi connectivity index (χ0) is 56.8. The van der Waals surface area contributed by atoms with Crippen LogP contribution in [0.15, 0.2) is 11.6 Å². The van der Waals surface area contributed by atoms with Crippen LogP contribution in [0.25, 0.3) is 0 Å². The van der Waals surface area contributed by atoms with Gasteiger partial charge in [0, 0.05) is 7.11 Å². The van der Waals surface area contributed by atoms with Crippen molar-refractivity contribution in [1.82, 2.24) is 0 Å². The summed E-state index contributed by atoms with van der Waals surface area (Å²) < 4.78 is 66.1. The first-order valence-electron chi connectivity index (χ1n) is 27.9. The van der Waals surface area contributed by atoms with Gasteiger partial charge in [-0.1, -0.05) is 39.3 Å². The summed E-state index contributed by atoms with van der Waals surface area (Å²) >= 11 is 0. The van der Waals surface area contributed by atoms with Crippen LogP contribution < -0.4 is 0 Å². The van der Waals surface area contributed by atoms with E-state index < -0.39 is 193 Å². The van der Waals surface area contributed by atoms with E-state index in [2.05, 4.69) is 20.8 Å². The monoisotopic (exact) mass is 1120 g/mol. The van der Waals surface area contributed by atoms with Gasteiger partial charge in [0.25, 0.3) is 0 Å². The Morgan fingerprint density at radius 3 is 1.85 bits per heavy atom. The second kappa shape index (κ2) is 20.8. The van der Waals surface area contributed by atoms with E-state index in [-0.39, 0.29) is 24.9 Å². The van der Waals surface area contributed by atoms with Gasteiger partial charge in [-0.3, -0.25) is 4.79 Å². The van der Waals surface area contributed by atoms with E-state index in [9.17, 15) is 66.1 Å². The molecule has 0 bridgehead atoms. The van der Waals surface area contributed by atoms with Gasteiger partial charge in [0.1, 0.15) is 103 Å². The SMILES string of the molecule is COC1C(O)C(CO)OC(OC2C(O)C(CO)OC(OC3C(C)OC(OC4C(O[C@H]5CC[C@]6(C)C7=C[C@H](O)C89C(=O)O[C@@](C)([C@H]%10CCC(C)(C)O%10)[C@@]8(O)CC[C@@]9(C)C7CCC6C5(C)C)OCC(O)C4O)C(O)C3O)C2O)C1O. The van der Waals surface area contributed by atoms with Crippen LogP contribution >= 0.6 is 0 Å². The third-order valence-corrected chi connectivity index (χ3v) is 21.1. The van der Waals surface area contributed by atoms with Crippen molar-refractivity contribution in [3.8, 4) is 0 Å². The Morgan fingerprint density at radius 1 is 0.628 bits per heavy atom. The normalized spacial score (nSPS) is 55.6. The molecule has 6 heterocycles. The molecule has 6 saturated heterocycles. The second-order valence-electron chi connectivity index (χ2n) is 26.0. The highest BCUT2D eigenvalue weighted by molar-refractivity contribution is 5.86. The molecule has 1 spiro atoms. The van der Waals surface area contributed by atoms with Gasteiger partial charge in [-0.15, -0.1) is 0 Å². The third kappa shape index (κ3) is 8.70. The van der Waals surface area contributed by atoms with E-state index in [0.29, 0.717) is 38.5 Å². The first-order valence-corrected chi connectivity index (χ1v) is 27.9. The number of methoxy groups -OCH3 is 1. The van der Waals surface area contributed by atoms with Crippen LogP contribution in [-0.4, -0.2) is 246 Å². The molecule has 3 saturated carbocycles. The molecule has 0 aromatic rings. The number of aliphatic hydroxyl groups is 12. The van der Waals surface area contributed by atoms with Crippen molar-refractivity contribution in [1.29, 1.82) is 0 Å². The van der Waals surface area contributed by atoms with Crippen molar-refractivity contribution in [2.24, 2.45) is 33.5 Å². The van der Waals surface area contributed by atoms with Crippen molar-refractivity contribution in [3.05, 3.63) is 11.6 Å². The van der Waals surface area contributed by atoms with Crippen LogP contribution in [0, 0.1) is 33.5 Å². The zero-order valence-electron chi connectivity index (χ0n) is 46.0. The summed E-state index contributed by atoms with van der Waals surface area (Å²) in [5, 5.41) is 135. The number of fused-ring (bicyclic) bond motifs is 4. The van der Waals surface area contributed by atoms with Gasteiger partial charge in [-0.05, 0) is 107 Å². The summed E-state index contributed by atoms with van der Waals surface area (Å²) in [4.78, 5) is 14.6. The molecule has 0 aromatic heterocycles. The lowest BCUT2D eigenvalue weighted by Crippen LogP contribution is -2.69. The standard InChI is InChI=1S/C54H86O24/c1-22-39(74-45-38(65)41(34(61)27(20-56)72-45)75-44-37(64)40(68-9)33(60)26(19-55)71-44)35(62)36(63)43(70-22)76-42-32(59)25(57)21-69-46(42)73-30-13-15-50(6)24-18-29(58)54-47(66)78-52(8,31-12-14-48(2,3)77-31)53(54,67)17-16-51(54,7)23(24)10-11-28(50)49(30,4)5/h18,22-23,25-46,55-65,67H,10-17,19-21H2,1-9H3/t22?,23?,25?,26?,27?,28?,29-,30-,31+,32?,33?,34?,35?,36?,37?,38?,39?,40?,41?,42?,43?,44?,45?,46?,50+,51-,52-,53-,54?/m0/s1. The topological polar surface area (TPSA) is 361 Å². The Balaban J connectivity index is 0.823. The second-order valence-corrected chi connectivity index (χ2v) is 26.0. The highest BCUT2D eigenvalue weighted by atomic mass is 16.8. The largest absolute Gasteiger partial charge is 0.453 e. The molecule has 6 aliphatic heterocycles. The molecule has 24 nitrogen and oxygen atoms in total. The summed E-state index contributed by atoms with van der Waals surface area (Å²) in [5.74, 6) is -0.775. The fourth-order valence-electron chi connectivity index (χ4n) is 16.7. The van der Waals surface area contributed by atoms with Crippen LogP contribution in [0.2, 0.25) is 0 Å². The molecular formula is C54H86O24. The van der Waals surface area contributed by atoms with Crippen LogP contribution in [0.3, 0.4) is 0 Å². The van der Waals surface area contributed by atoms with E-state index in [1.807, 2.05) is 26.8 Å². The Bertz CT molecular complexity index is 2220. The number of cyclic esters (lactones) is 1. The summed E-state index contributed by atoms with van der Waals surface area (Å²) in [6.07, 6.45) is -26.0. The number of hydrogen-bond acceptors (Lipinski definition) is 24. The number of esters is 1. The van der Waals surface area contributed by atoms with Crippen molar-refractivity contribution in [3.63, 3.8) is 0 Å². The smallest absolute Gasteiger partial charge is 0.319 e. The van der Waals surface area contributed by atoms with Gasteiger partial charge >= 0.3 is 5.97 Å². The summed E-state index contributed by atoms with van der Waals surface area (Å²) in [5.41, 5.74) is -6.01. The maximum atomic E-state index is 14.6. The highest BCUT2D eigenvalue weighted by Gasteiger charge is 2.87. The molecule has 4 aliphatic carbocycles. The van der Waals surface area contributed by atoms with Crippen LogP contribution in [0.4, 0.5) is 0 Å². The molecule has 22 unspecified atom stereocenters. The number of ether oxygens (including phenoxy) is 11. The van der Waals surface area contributed by atoms with E-state index >= 15 is 0 Å². The van der Waals surface area contributed by atoms with Gasteiger partial charge in [0.05, 0.1) is 43.7 Å². The Morgan fingerprint density at radius 2 is 1.23 bits per heavy atom. The highest BCUT2D eigenvalue weighted by Crippen LogP contribution is 2.77. The van der Waals surface area contributed by atoms with E-state index in [1.165, 1.54) is 14.0 Å². The molecule has 24 heteroatoms. The molecule has 29 atom stereocenters. The van der Waals surface area contributed by atoms with Crippen molar-refractivity contribution >= 4 is 5.97 Å². The number of hydrogen-bond donors (Lipinski definition) is 12. The summed E-state index contributed by atoms with van der Waals surface area (Å²) in [6.45, 7) is 13.8. The van der Waals surface area contributed by atoms with Crippen molar-refractivity contribution < 1.29 is 118 Å². The Kier molecular flexibility index (Phi) is 15.9. The van der Waals surface area contributed by atoms with E-state index in [0.717, 1.165) is 12.0 Å². The Labute approximate surface area is 453 Å². The van der Waals surface area contributed by atoms with Crippen molar-refractivity contribution in [2.45, 2.75) is 259 Å². The molecule has 0 aromatic carbocycles. The average Bonchev–Trinajstić information content (AvgIpc) is 3.23. The van der Waals surface area contributed by atoms with Gasteiger partial charge in [-0.2, -0.15) is 0 Å². The minimum Gasteiger partial charge on any atom is -0.453 e. The lowest BCUT2D eigenvalue weighted by Gasteiger charge is -2.64. The molecule has 10 aliphatic rings. The molecule has 10 rings (SSSR count). The van der Waals surface area contributed by atoms with Gasteiger partial charge in [0.15, 0.2) is 30.8 Å². The first kappa shape index (κ1) is 59.5. The number of carbonyl (C=O) groups excluding carboxylic acids is 1. The molecule has 12 N–H and O–H groups in total. The molecule has 78 heavy (non-hydrogen) atoms. The first-order chi connectivity index (χ1) is 36.5. The zero-order valence-corrected chi connectivity index (χ0v) is 46.0. The number of allylic oxidation sites excluding steroid dienone is 1. The third-order valence-electron chi connectivity index (χ3n) is 21.1. The van der Waals surface area contributed by atoms with Crippen LogP contribution in [0.5, 0.6) is 0 Å². The fourth-order valence-corrected chi connectivity index (χ4v) is 16.7. The van der Waals surface area contributed by atoms with Gasteiger partial charge < -0.3 is 113 Å². The quantitative estimate of drug-likeness (QED) is 0.0566. The van der Waals surface area contributed by atoms with E-state index in [4.69, 9.17) is 52.1 Å². The average molecular weight is 1120 g/mol. The van der Waals surface area contributed by atoms with Gasteiger partial charge in [-0.25, -0.2) is 0 Å². The minimum atomic E-state index is -1.92. The Hall–Kier alpha value is -1.67. The lowest BCUT2D eigenvalue weighted by molar-refractivity contribution is -0.389. The predicted octanol–water partition coefficient (Wildman–Crippen LogP) is -2.09. The lowest BCUT2D eigenvalue weighted by atomic mass is 9.40. The van der Waals surface area contributed by atoms with Crippen LogP contribution in [0.1, 0.15) is 107 Å².